The molecule has 0 saturated carbocycles. The van der Waals surface area contributed by atoms with E-state index in [2.05, 4.69) is 10.3 Å². The second-order valence-electron chi connectivity index (χ2n) is 3.54. The number of carboxylic acids is 1. The summed E-state index contributed by atoms with van der Waals surface area (Å²) in [4.78, 5) is 26.4. The maximum Gasteiger partial charge on any atom is 0.326 e. The topological polar surface area (TPSA) is 99.5 Å². The number of pyridine rings is 1. The molecular weight excluding hydrogens is 224 g/mol. The zero-order valence-corrected chi connectivity index (χ0v) is 9.38. The molecule has 0 bridgehead atoms. The second kappa shape index (κ2) is 5.95. The number of carboxylic acid groups (broad SMARTS) is 1. The Morgan fingerprint density at radius 3 is 2.71 bits per heavy atom. The minimum Gasteiger partial charge on any atom is -0.480 e. The Balaban J connectivity index is 2.73. The highest BCUT2D eigenvalue weighted by molar-refractivity contribution is 5.94. The van der Waals surface area contributed by atoms with Gasteiger partial charge in [0, 0.05) is 18.7 Å². The number of aliphatic carboxylic acids is 1. The van der Waals surface area contributed by atoms with Crippen LogP contribution in [0.3, 0.4) is 0 Å². The molecule has 1 heterocycles. The molecule has 0 aliphatic heterocycles. The van der Waals surface area contributed by atoms with Crippen LogP contribution < -0.4 is 5.32 Å². The molecule has 92 valence electrons. The lowest BCUT2D eigenvalue weighted by Crippen LogP contribution is -2.41. The van der Waals surface area contributed by atoms with Gasteiger partial charge in [-0.05, 0) is 19.1 Å². The van der Waals surface area contributed by atoms with Crippen LogP contribution in [0.5, 0.6) is 0 Å². The van der Waals surface area contributed by atoms with Gasteiger partial charge in [0.05, 0.1) is 0 Å². The van der Waals surface area contributed by atoms with Crippen molar-refractivity contribution in [2.24, 2.45) is 0 Å². The SMILES string of the molecule is Cc1cccc(C(=O)N[C@H](CCO)C(=O)O)n1. The first-order valence-corrected chi connectivity index (χ1v) is 5.12. The zero-order valence-electron chi connectivity index (χ0n) is 9.38. The molecule has 0 radical (unpaired) electrons. The maximum atomic E-state index is 11.7. The van der Waals surface area contributed by atoms with Crippen LogP contribution in [0.4, 0.5) is 0 Å². The number of aryl methyl sites for hydroxylation is 1. The molecular formula is C11H14N2O4. The normalized spacial score (nSPS) is 11.9. The van der Waals surface area contributed by atoms with Crippen LogP contribution in [0.2, 0.25) is 0 Å². The van der Waals surface area contributed by atoms with Crippen LogP contribution in [0, 0.1) is 6.92 Å². The third-order valence-corrected chi connectivity index (χ3v) is 2.14. The van der Waals surface area contributed by atoms with Gasteiger partial charge in [0.15, 0.2) is 0 Å². The zero-order chi connectivity index (χ0) is 12.8. The van der Waals surface area contributed by atoms with Crippen LogP contribution in [0.25, 0.3) is 0 Å². The fourth-order valence-corrected chi connectivity index (χ4v) is 1.29. The molecule has 1 amide bonds. The van der Waals surface area contributed by atoms with E-state index in [1.807, 2.05) is 0 Å². The molecule has 0 fully saturated rings. The van der Waals surface area contributed by atoms with Gasteiger partial charge in [0.1, 0.15) is 11.7 Å². The van der Waals surface area contributed by atoms with Crippen molar-refractivity contribution < 1.29 is 19.8 Å². The number of amides is 1. The van der Waals surface area contributed by atoms with Gasteiger partial charge in [0.25, 0.3) is 5.91 Å². The lowest BCUT2D eigenvalue weighted by atomic mass is 10.2. The second-order valence-corrected chi connectivity index (χ2v) is 3.54. The van der Waals surface area contributed by atoms with Crippen LogP contribution >= 0.6 is 0 Å². The molecule has 1 atom stereocenters. The summed E-state index contributed by atoms with van der Waals surface area (Å²) < 4.78 is 0. The van der Waals surface area contributed by atoms with Crippen molar-refractivity contribution in [3.8, 4) is 0 Å². The Labute approximate surface area is 98.3 Å². The Kier molecular flexibility index (Phi) is 4.59. The molecule has 1 aromatic rings. The minimum absolute atomic E-state index is 0.0348. The fourth-order valence-electron chi connectivity index (χ4n) is 1.29. The summed E-state index contributed by atoms with van der Waals surface area (Å²) in [6, 6.07) is 3.80. The highest BCUT2D eigenvalue weighted by Gasteiger charge is 2.20. The molecule has 1 aromatic heterocycles. The fraction of sp³-hybridized carbons (Fsp3) is 0.364. The van der Waals surface area contributed by atoms with Crippen molar-refractivity contribution in [3.05, 3.63) is 29.6 Å². The first-order valence-electron chi connectivity index (χ1n) is 5.12. The summed E-state index contributed by atoms with van der Waals surface area (Å²) in [6.45, 7) is 1.43. The molecule has 0 aliphatic carbocycles. The van der Waals surface area contributed by atoms with Crippen LogP contribution in [-0.4, -0.2) is 39.7 Å². The van der Waals surface area contributed by atoms with Crippen molar-refractivity contribution in [3.63, 3.8) is 0 Å². The average molecular weight is 238 g/mol. The number of rotatable bonds is 5. The monoisotopic (exact) mass is 238 g/mol. The number of aliphatic hydroxyl groups excluding tert-OH is 1. The number of aromatic nitrogens is 1. The summed E-state index contributed by atoms with van der Waals surface area (Å²) in [5.41, 5.74) is 0.834. The highest BCUT2D eigenvalue weighted by atomic mass is 16.4. The van der Waals surface area contributed by atoms with E-state index in [4.69, 9.17) is 10.2 Å². The summed E-state index contributed by atoms with van der Waals surface area (Å²) >= 11 is 0. The summed E-state index contributed by atoms with van der Waals surface area (Å²) in [5, 5.41) is 19.8. The Morgan fingerprint density at radius 1 is 1.47 bits per heavy atom. The van der Waals surface area contributed by atoms with Gasteiger partial charge in [-0.1, -0.05) is 6.07 Å². The highest BCUT2D eigenvalue weighted by Crippen LogP contribution is 2.00. The molecule has 1 rings (SSSR count). The van der Waals surface area contributed by atoms with Crippen LogP contribution in [-0.2, 0) is 4.79 Å². The van der Waals surface area contributed by atoms with Crippen LogP contribution in [0.15, 0.2) is 18.2 Å². The standard InChI is InChI=1S/C11H14N2O4/c1-7-3-2-4-8(12-7)10(15)13-9(5-6-14)11(16)17/h2-4,9,14H,5-6H2,1H3,(H,13,15)(H,16,17)/t9-/m1/s1. The van der Waals surface area contributed by atoms with E-state index in [1.54, 1.807) is 19.1 Å². The van der Waals surface area contributed by atoms with Gasteiger partial charge < -0.3 is 15.5 Å². The number of hydrogen-bond donors (Lipinski definition) is 3. The number of hydrogen-bond acceptors (Lipinski definition) is 4. The van der Waals surface area contributed by atoms with Gasteiger partial charge in [-0.15, -0.1) is 0 Å². The van der Waals surface area contributed by atoms with Crippen molar-refractivity contribution in [2.45, 2.75) is 19.4 Å². The lowest BCUT2D eigenvalue weighted by molar-refractivity contribution is -0.139. The van der Waals surface area contributed by atoms with E-state index in [0.29, 0.717) is 5.69 Å². The molecule has 0 spiro atoms. The number of carbonyl (C=O) groups excluding carboxylic acids is 1. The number of carbonyl (C=O) groups is 2. The van der Waals surface area contributed by atoms with Gasteiger partial charge in [-0.3, -0.25) is 4.79 Å². The number of nitrogens with one attached hydrogen (secondary N) is 1. The molecule has 3 N–H and O–H groups in total. The third-order valence-electron chi connectivity index (χ3n) is 2.14. The van der Waals surface area contributed by atoms with Gasteiger partial charge in [-0.2, -0.15) is 0 Å². The van der Waals surface area contributed by atoms with E-state index in [0.717, 1.165) is 0 Å². The Morgan fingerprint density at radius 2 is 2.18 bits per heavy atom. The molecule has 17 heavy (non-hydrogen) atoms. The quantitative estimate of drug-likeness (QED) is 0.668. The summed E-state index contributed by atoms with van der Waals surface area (Å²) in [5.74, 6) is -1.74. The first-order chi connectivity index (χ1) is 8.04. The van der Waals surface area contributed by atoms with E-state index >= 15 is 0 Å². The van der Waals surface area contributed by atoms with Crippen molar-refractivity contribution in [1.82, 2.24) is 10.3 Å². The summed E-state index contributed by atoms with van der Waals surface area (Å²) in [6.07, 6.45) is -0.0348. The van der Waals surface area contributed by atoms with Gasteiger partial charge in [0.2, 0.25) is 0 Å². The van der Waals surface area contributed by atoms with Crippen molar-refractivity contribution in [2.75, 3.05) is 6.61 Å². The molecule has 6 nitrogen and oxygen atoms in total. The molecule has 0 saturated heterocycles. The molecule has 6 heteroatoms. The first kappa shape index (κ1) is 13.1. The van der Waals surface area contributed by atoms with Gasteiger partial charge in [-0.25, -0.2) is 9.78 Å². The smallest absolute Gasteiger partial charge is 0.326 e. The van der Waals surface area contributed by atoms with E-state index in [9.17, 15) is 9.59 Å². The third kappa shape index (κ3) is 3.84. The van der Waals surface area contributed by atoms with Crippen molar-refractivity contribution >= 4 is 11.9 Å². The molecule has 0 unspecified atom stereocenters. The van der Waals surface area contributed by atoms with Crippen molar-refractivity contribution in [1.29, 1.82) is 0 Å². The van der Waals surface area contributed by atoms with Gasteiger partial charge >= 0.3 is 5.97 Å². The maximum absolute atomic E-state index is 11.7. The lowest BCUT2D eigenvalue weighted by Gasteiger charge is -2.12. The Bertz CT molecular complexity index is 420. The van der Waals surface area contributed by atoms with E-state index < -0.39 is 17.9 Å². The van der Waals surface area contributed by atoms with Crippen LogP contribution in [0.1, 0.15) is 22.6 Å². The number of aliphatic hydroxyl groups is 1. The largest absolute Gasteiger partial charge is 0.480 e. The van der Waals surface area contributed by atoms with E-state index in [1.165, 1.54) is 6.07 Å². The van der Waals surface area contributed by atoms with E-state index in [-0.39, 0.29) is 18.7 Å². The molecule has 0 aliphatic rings. The minimum atomic E-state index is -1.18. The number of nitrogens with zero attached hydrogens (tertiary/aromatic N) is 1. The molecule has 0 aromatic carbocycles. The summed E-state index contributed by atoms with van der Waals surface area (Å²) in [7, 11) is 0. The predicted octanol–water partition coefficient (Wildman–Crippen LogP) is -0.0446. The predicted molar refractivity (Wildman–Crippen MR) is 59.6 cm³/mol. The Hall–Kier alpha value is -1.95. The average Bonchev–Trinajstić information content (AvgIpc) is 2.28.